The maximum atomic E-state index is 11.2. The van der Waals surface area contributed by atoms with Crippen molar-refractivity contribution in [2.75, 3.05) is 36.8 Å². The Hall–Kier alpha value is -2.64. The molecule has 1 fully saturated rings. The van der Waals surface area contributed by atoms with Crippen LogP contribution < -0.4 is 10.6 Å². The first-order chi connectivity index (χ1) is 13.8. The van der Waals surface area contributed by atoms with E-state index in [1.807, 2.05) is 0 Å². The van der Waals surface area contributed by atoms with Crippen LogP contribution in [0, 0.1) is 24.0 Å². The van der Waals surface area contributed by atoms with Gasteiger partial charge in [-0.1, -0.05) is 18.2 Å². The quantitative estimate of drug-likeness (QED) is 0.470. The molecule has 0 spiro atoms. The highest BCUT2D eigenvalue weighted by atomic mass is 16.6. The van der Waals surface area contributed by atoms with Crippen LogP contribution in [0.3, 0.4) is 0 Å². The Kier molecular flexibility index (Phi) is 5.19. The summed E-state index contributed by atoms with van der Waals surface area (Å²) in [5.74, 6) is 0. The van der Waals surface area contributed by atoms with Crippen molar-refractivity contribution in [3.63, 3.8) is 0 Å². The largest absolute Gasteiger partial charge is 0.393 e. The van der Waals surface area contributed by atoms with Gasteiger partial charge in [-0.25, -0.2) is 0 Å². The summed E-state index contributed by atoms with van der Waals surface area (Å²) >= 11 is 0. The summed E-state index contributed by atoms with van der Waals surface area (Å²) in [5.41, 5.74) is 11.9. The molecular weight excluding hydrogens is 368 g/mol. The minimum atomic E-state index is -0.490. The second kappa shape index (κ2) is 7.65. The van der Waals surface area contributed by atoms with E-state index in [4.69, 9.17) is 5.73 Å². The Morgan fingerprint density at radius 2 is 1.83 bits per heavy atom. The molecule has 0 amide bonds. The minimum Gasteiger partial charge on any atom is -0.393 e. The van der Waals surface area contributed by atoms with Crippen LogP contribution in [0.1, 0.15) is 22.3 Å². The van der Waals surface area contributed by atoms with Crippen molar-refractivity contribution in [3.05, 3.63) is 62.7 Å². The lowest BCUT2D eigenvalue weighted by molar-refractivity contribution is -0.384. The fourth-order valence-electron chi connectivity index (χ4n) is 4.72. The highest BCUT2D eigenvalue weighted by molar-refractivity contribution is 5.66. The lowest BCUT2D eigenvalue weighted by atomic mass is 9.83. The third-order valence-electron chi connectivity index (χ3n) is 6.40. The molecule has 1 aliphatic carbocycles. The predicted octanol–water partition coefficient (Wildman–Crippen LogP) is 2.44. The molecule has 2 aromatic rings. The fourth-order valence-corrected chi connectivity index (χ4v) is 4.72. The molecule has 2 aliphatic rings. The molecule has 1 saturated heterocycles. The Morgan fingerprint density at radius 1 is 1.10 bits per heavy atom. The predicted molar refractivity (Wildman–Crippen MR) is 114 cm³/mol. The van der Waals surface area contributed by atoms with Crippen LogP contribution in [-0.2, 0) is 12.8 Å². The van der Waals surface area contributed by atoms with Crippen LogP contribution in [0.25, 0.3) is 0 Å². The fraction of sp³-hybridized carbons (Fsp3) is 0.455. The molecular formula is C22H28N4O3. The Bertz CT molecular complexity index is 938. The highest BCUT2D eigenvalue weighted by Crippen LogP contribution is 2.35. The van der Waals surface area contributed by atoms with Gasteiger partial charge in [0, 0.05) is 50.4 Å². The number of piperazine rings is 1. The number of nitrogens with two attached hydrogens (primary N) is 1. The molecule has 7 nitrogen and oxygen atoms in total. The molecule has 2 unspecified atom stereocenters. The van der Waals surface area contributed by atoms with Crippen molar-refractivity contribution >= 4 is 17.1 Å². The number of nitro groups is 1. The monoisotopic (exact) mass is 396 g/mol. The van der Waals surface area contributed by atoms with Crippen molar-refractivity contribution in [1.82, 2.24) is 4.90 Å². The standard InChI is InChI=1S/C22H28N4O3/c1-14-3-4-15(2)19(11-14)24-7-9-25(10-8-24)20-13-17-16(12-21(20)27)5-6-18(22(17)23)26(28)29/h3-6,11,20-21,27H,7-10,12-13,23H2,1-2H3. The molecule has 154 valence electrons. The first kappa shape index (κ1) is 19.7. The van der Waals surface area contributed by atoms with Gasteiger partial charge in [-0.05, 0) is 48.6 Å². The van der Waals surface area contributed by atoms with E-state index in [0.717, 1.165) is 37.3 Å². The van der Waals surface area contributed by atoms with Crippen molar-refractivity contribution in [3.8, 4) is 0 Å². The lowest BCUT2D eigenvalue weighted by Gasteiger charge is -2.44. The van der Waals surface area contributed by atoms with Gasteiger partial charge in [0.05, 0.1) is 11.0 Å². The van der Waals surface area contributed by atoms with E-state index in [9.17, 15) is 15.2 Å². The maximum absolute atomic E-state index is 11.2. The van der Waals surface area contributed by atoms with Gasteiger partial charge in [-0.2, -0.15) is 0 Å². The van der Waals surface area contributed by atoms with E-state index < -0.39 is 11.0 Å². The number of nitrogen functional groups attached to an aromatic ring is 1. The number of aliphatic hydroxyl groups excluding tert-OH is 1. The Morgan fingerprint density at radius 3 is 2.52 bits per heavy atom. The minimum absolute atomic E-state index is 0.0429. The van der Waals surface area contributed by atoms with E-state index in [2.05, 4.69) is 41.8 Å². The molecule has 2 aromatic carbocycles. The number of nitrogens with zero attached hydrogens (tertiary/aromatic N) is 3. The first-order valence-corrected chi connectivity index (χ1v) is 10.1. The number of nitro benzene ring substituents is 1. The second-order valence-electron chi connectivity index (χ2n) is 8.25. The summed E-state index contributed by atoms with van der Waals surface area (Å²) in [4.78, 5) is 15.5. The molecule has 0 bridgehead atoms. The summed E-state index contributed by atoms with van der Waals surface area (Å²) < 4.78 is 0. The van der Waals surface area contributed by atoms with Crippen LogP contribution in [0.2, 0.25) is 0 Å². The summed E-state index contributed by atoms with van der Waals surface area (Å²) in [6, 6.07) is 9.65. The number of anilines is 2. The van der Waals surface area contributed by atoms with Crippen LogP contribution in [0.15, 0.2) is 30.3 Å². The zero-order valence-electron chi connectivity index (χ0n) is 17.0. The average molecular weight is 396 g/mol. The number of rotatable bonds is 3. The maximum Gasteiger partial charge on any atom is 0.292 e. The first-order valence-electron chi connectivity index (χ1n) is 10.1. The molecule has 1 heterocycles. The molecule has 1 aliphatic heterocycles. The van der Waals surface area contributed by atoms with Crippen molar-refractivity contribution < 1.29 is 10.0 Å². The van der Waals surface area contributed by atoms with Crippen molar-refractivity contribution in [2.24, 2.45) is 0 Å². The van der Waals surface area contributed by atoms with E-state index in [1.54, 1.807) is 6.07 Å². The molecule has 0 saturated carbocycles. The van der Waals surface area contributed by atoms with Gasteiger partial charge in [0.1, 0.15) is 5.69 Å². The smallest absolute Gasteiger partial charge is 0.292 e. The van der Waals surface area contributed by atoms with Gasteiger partial charge in [0.2, 0.25) is 0 Å². The zero-order valence-corrected chi connectivity index (χ0v) is 17.0. The summed E-state index contributed by atoms with van der Waals surface area (Å²) in [6.07, 6.45) is 0.544. The van der Waals surface area contributed by atoms with E-state index in [-0.39, 0.29) is 17.4 Å². The van der Waals surface area contributed by atoms with Gasteiger partial charge in [-0.3, -0.25) is 15.0 Å². The van der Waals surface area contributed by atoms with Crippen LogP contribution >= 0.6 is 0 Å². The van der Waals surface area contributed by atoms with E-state index >= 15 is 0 Å². The third-order valence-corrected chi connectivity index (χ3v) is 6.40. The van der Waals surface area contributed by atoms with Crippen molar-refractivity contribution in [1.29, 1.82) is 0 Å². The van der Waals surface area contributed by atoms with E-state index in [1.165, 1.54) is 22.9 Å². The number of fused-ring (bicyclic) bond motifs is 1. The van der Waals surface area contributed by atoms with Crippen molar-refractivity contribution in [2.45, 2.75) is 38.8 Å². The normalized spacial score (nSPS) is 22.4. The lowest BCUT2D eigenvalue weighted by Crippen LogP contribution is -2.56. The van der Waals surface area contributed by atoms with Gasteiger partial charge in [-0.15, -0.1) is 0 Å². The number of aryl methyl sites for hydroxylation is 2. The molecule has 3 N–H and O–H groups in total. The molecule has 7 heteroatoms. The molecule has 4 rings (SSSR count). The zero-order chi connectivity index (χ0) is 20.7. The SMILES string of the molecule is Cc1ccc(C)c(N2CCN(C3Cc4c(ccc([N+](=O)[O-])c4N)CC3O)CC2)c1. The van der Waals surface area contributed by atoms with Gasteiger partial charge in [0.15, 0.2) is 0 Å². The van der Waals surface area contributed by atoms with Gasteiger partial charge >= 0.3 is 0 Å². The van der Waals surface area contributed by atoms with Gasteiger partial charge in [0.25, 0.3) is 5.69 Å². The number of hydrogen-bond acceptors (Lipinski definition) is 6. The average Bonchev–Trinajstić information content (AvgIpc) is 2.70. The number of aliphatic hydroxyl groups is 1. The molecule has 2 atom stereocenters. The Labute approximate surface area is 170 Å². The summed E-state index contributed by atoms with van der Waals surface area (Å²) in [5, 5.41) is 22.0. The summed E-state index contributed by atoms with van der Waals surface area (Å²) in [7, 11) is 0. The second-order valence-corrected chi connectivity index (χ2v) is 8.25. The molecule has 29 heavy (non-hydrogen) atoms. The van der Waals surface area contributed by atoms with Crippen LogP contribution in [0.5, 0.6) is 0 Å². The van der Waals surface area contributed by atoms with Crippen LogP contribution in [0.4, 0.5) is 17.1 Å². The third kappa shape index (κ3) is 3.68. The van der Waals surface area contributed by atoms with Gasteiger partial charge < -0.3 is 15.7 Å². The number of benzene rings is 2. The highest BCUT2D eigenvalue weighted by Gasteiger charge is 2.35. The van der Waals surface area contributed by atoms with Crippen LogP contribution in [-0.4, -0.2) is 53.3 Å². The summed E-state index contributed by atoms with van der Waals surface area (Å²) in [6.45, 7) is 7.73. The topological polar surface area (TPSA) is 95.9 Å². The number of hydrogen-bond donors (Lipinski definition) is 2. The van der Waals surface area contributed by atoms with E-state index in [0.29, 0.717) is 12.8 Å². The molecule has 0 radical (unpaired) electrons. The molecule has 0 aromatic heterocycles. The Balaban J connectivity index is 1.50.